The molecule has 1 fully saturated rings. The zero-order valence-electron chi connectivity index (χ0n) is 19.0. The van der Waals surface area contributed by atoms with E-state index in [1.807, 2.05) is 0 Å². The second-order valence-electron chi connectivity index (χ2n) is 7.14. The minimum absolute atomic E-state index is 0.0811. The Morgan fingerprint density at radius 2 is 1.52 bits per heavy atom. The van der Waals surface area contributed by atoms with Crippen LogP contribution in [0.15, 0.2) is 29.3 Å². The van der Waals surface area contributed by atoms with Crippen LogP contribution in [0.4, 0.5) is 0 Å². The third-order valence-corrected chi connectivity index (χ3v) is 5.36. The van der Waals surface area contributed by atoms with Crippen molar-refractivity contribution in [2.24, 2.45) is 4.99 Å². The van der Waals surface area contributed by atoms with Crippen molar-refractivity contribution >= 4 is 41.0 Å². The van der Waals surface area contributed by atoms with Crippen molar-refractivity contribution < 1.29 is 42.9 Å². The molecule has 1 saturated heterocycles. The van der Waals surface area contributed by atoms with Crippen molar-refractivity contribution in [3.05, 3.63) is 29.8 Å². The SMILES string of the molecule is COc1ccc(C=N[C@@H]2[C@@H](OC(C)=O)O[C@H](CSC(C)=O)[C@H](OC(C)=O)[C@H]2OC(C)=O)cc1. The standard InChI is InChI=1S/C22H27NO9S/c1-12(24)29-20-18(11-33-15(4)27)32-22(31-14(3)26)19(21(20)30-13(2)25)23-10-16-6-8-17(28-5)9-7-16/h6-10,18-22H,11H2,1-5H3/t18-,19+,20+,21+,22+/m1/s1. The molecule has 1 heterocycles. The third kappa shape index (κ3) is 8.17. The van der Waals surface area contributed by atoms with Gasteiger partial charge in [0.05, 0.1) is 7.11 Å². The number of carbonyl (C=O) groups is 4. The minimum atomic E-state index is -1.24. The maximum atomic E-state index is 11.9. The average Bonchev–Trinajstić information content (AvgIpc) is 2.73. The summed E-state index contributed by atoms with van der Waals surface area (Å²) in [5.74, 6) is -1.19. The van der Waals surface area contributed by atoms with Crippen LogP contribution < -0.4 is 4.74 Å². The monoisotopic (exact) mass is 481 g/mol. The number of hydrogen-bond donors (Lipinski definition) is 0. The zero-order valence-corrected chi connectivity index (χ0v) is 19.8. The van der Waals surface area contributed by atoms with Crippen LogP contribution in [0.3, 0.4) is 0 Å². The predicted octanol–water partition coefficient (Wildman–Crippen LogP) is 1.91. The van der Waals surface area contributed by atoms with Crippen molar-refractivity contribution in [3.63, 3.8) is 0 Å². The van der Waals surface area contributed by atoms with E-state index in [1.54, 1.807) is 31.4 Å². The number of aliphatic imine (C=N–C) groups is 1. The summed E-state index contributed by atoms with van der Waals surface area (Å²) in [6.45, 7) is 4.98. The van der Waals surface area contributed by atoms with Gasteiger partial charge in [0.25, 0.3) is 0 Å². The number of ether oxygens (including phenoxy) is 5. The van der Waals surface area contributed by atoms with E-state index in [-0.39, 0.29) is 10.9 Å². The van der Waals surface area contributed by atoms with Gasteiger partial charge in [-0.1, -0.05) is 11.8 Å². The molecule has 1 aromatic carbocycles. The molecule has 5 atom stereocenters. The molecule has 1 aromatic rings. The Hall–Kier alpha value is -2.92. The molecule has 10 nitrogen and oxygen atoms in total. The van der Waals surface area contributed by atoms with Gasteiger partial charge in [-0.15, -0.1) is 0 Å². The maximum Gasteiger partial charge on any atom is 0.305 e. The van der Waals surface area contributed by atoms with Crippen molar-refractivity contribution in [3.8, 4) is 5.75 Å². The van der Waals surface area contributed by atoms with Gasteiger partial charge in [-0.25, -0.2) is 0 Å². The van der Waals surface area contributed by atoms with Crippen LogP contribution in [0.25, 0.3) is 0 Å². The number of thioether (sulfide) groups is 1. The molecule has 0 radical (unpaired) electrons. The smallest absolute Gasteiger partial charge is 0.305 e. The lowest BCUT2D eigenvalue weighted by Gasteiger charge is -2.43. The highest BCUT2D eigenvalue weighted by atomic mass is 32.2. The Morgan fingerprint density at radius 3 is 2.03 bits per heavy atom. The lowest BCUT2D eigenvalue weighted by Crippen LogP contribution is -2.61. The molecule has 0 amide bonds. The highest BCUT2D eigenvalue weighted by molar-refractivity contribution is 8.13. The Labute approximate surface area is 195 Å². The van der Waals surface area contributed by atoms with E-state index in [0.29, 0.717) is 11.3 Å². The quantitative estimate of drug-likeness (QED) is 0.309. The largest absolute Gasteiger partial charge is 0.497 e. The molecule has 0 unspecified atom stereocenters. The Morgan fingerprint density at radius 1 is 0.939 bits per heavy atom. The summed E-state index contributed by atoms with van der Waals surface area (Å²) in [5.41, 5.74) is 0.692. The summed E-state index contributed by atoms with van der Waals surface area (Å²) >= 11 is 0.939. The van der Waals surface area contributed by atoms with Crippen LogP contribution >= 0.6 is 11.8 Å². The molecule has 0 bridgehead atoms. The van der Waals surface area contributed by atoms with Crippen molar-refractivity contribution in [1.82, 2.24) is 0 Å². The fourth-order valence-corrected chi connectivity index (χ4v) is 3.83. The van der Waals surface area contributed by atoms with Crippen LogP contribution in [0.2, 0.25) is 0 Å². The summed E-state index contributed by atoms with van der Waals surface area (Å²) in [6.07, 6.45) is -2.86. The molecular weight excluding hydrogens is 454 g/mol. The molecule has 2 rings (SSSR count). The molecular formula is C22H27NO9S. The van der Waals surface area contributed by atoms with E-state index in [0.717, 1.165) is 11.8 Å². The fraction of sp³-hybridized carbons (Fsp3) is 0.500. The number of nitrogens with zero attached hydrogens (tertiary/aromatic N) is 1. The first-order valence-corrected chi connectivity index (χ1v) is 11.1. The summed E-state index contributed by atoms with van der Waals surface area (Å²) in [7, 11) is 1.55. The van der Waals surface area contributed by atoms with Crippen LogP contribution in [-0.2, 0) is 38.1 Å². The predicted molar refractivity (Wildman–Crippen MR) is 119 cm³/mol. The number of rotatable bonds is 8. The molecule has 0 saturated carbocycles. The second-order valence-corrected chi connectivity index (χ2v) is 8.34. The van der Waals surface area contributed by atoms with Gasteiger partial charge in [0, 0.05) is 39.7 Å². The number of esters is 3. The zero-order chi connectivity index (χ0) is 24.5. The van der Waals surface area contributed by atoms with Gasteiger partial charge in [-0.05, 0) is 29.8 Å². The Bertz CT molecular complexity index is 886. The molecule has 180 valence electrons. The van der Waals surface area contributed by atoms with Crippen LogP contribution in [-0.4, -0.2) is 72.7 Å². The van der Waals surface area contributed by atoms with Gasteiger partial charge in [0.2, 0.25) is 6.29 Å². The summed E-state index contributed by atoms with van der Waals surface area (Å²) in [4.78, 5) is 51.4. The van der Waals surface area contributed by atoms with Gasteiger partial charge in [0.1, 0.15) is 11.9 Å². The second kappa shape index (κ2) is 12.4. The third-order valence-electron chi connectivity index (χ3n) is 4.46. The molecule has 33 heavy (non-hydrogen) atoms. The molecule has 0 aliphatic carbocycles. The normalized spacial score (nSPS) is 24.7. The van der Waals surface area contributed by atoms with E-state index in [4.69, 9.17) is 23.7 Å². The van der Waals surface area contributed by atoms with Crippen LogP contribution in [0.5, 0.6) is 5.75 Å². The maximum absolute atomic E-state index is 11.9. The highest BCUT2D eigenvalue weighted by Crippen LogP contribution is 2.31. The molecule has 0 aromatic heterocycles. The number of hydrogen-bond acceptors (Lipinski definition) is 11. The van der Waals surface area contributed by atoms with Crippen molar-refractivity contribution in [2.45, 2.75) is 58.3 Å². The summed E-state index contributed by atoms with van der Waals surface area (Å²) in [6, 6.07) is 5.95. The van der Waals surface area contributed by atoms with E-state index >= 15 is 0 Å². The first-order chi connectivity index (χ1) is 15.6. The molecule has 0 spiro atoms. The van der Waals surface area contributed by atoms with Gasteiger partial charge in [0.15, 0.2) is 23.4 Å². The topological polar surface area (TPSA) is 127 Å². The van der Waals surface area contributed by atoms with E-state index in [1.165, 1.54) is 33.9 Å². The molecule has 0 N–H and O–H groups in total. The van der Waals surface area contributed by atoms with Crippen molar-refractivity contribution in [1.29, 1.82) is 0 Å². The van der Waals surface area contributed by atoms with Crippen LogP contribution in [0, 0.1) is 0 Å². The van der Waals surface area contributed by atoms with Gasteiger partial charge < -0.3 is 23.7 Å². The van der Waals surface area contributed by atoms with Crippen molar-refractivity contribution in [2.75, 3.05) is 12.9 Å². The first-order valence-electron chi connectivity index (χ1n) is 10.1. The minimum Gasteiger partial charge on any atom is -0.497 e. The number of methoxy groups -OCH3 is 1. The number of carbonyl (C=O) groups excluding carboxylic acids is 4. The summed E-state index contributed by atoms with van der Waals surface area (Å²) in [5, 5.41) is -0.187. The Balaban J connectivity index is 2.45. The summed E-state index contributed by atoms with van der Waals surface area (Å²) < 4.78 is 27.2. The first kappa shape index (κ1) is 26.3. The average molecular weight is 482 g/mol. The van der Waals surface area contributed by atoms with Gasteiger partial charge in [-0.3, -0.25) is 24.2 Å². The lowest BCUT2D eigenvalue weighted by atomic mass is 9.97. The number of benzene rings is 1. The molecule has 11 heteroatoms. The van der Waals surface area contributed by atoms with E-state index in [2.05, 4.69) is 4.99 Å². The van der Waals surface area contributed by atoms with E-state index < -0.39 is 48.6 Å². The van der Waals surface area contributed by atoms with Gasteiger partial charge in [-0.2, -0.15) is 0 Å². The molecule has 1 aliphatic heterocycles. The highest BCUT2D eigenvalue weighted by Gasteiger charge is 2.51. The van der Waals surface area contributed by atoms with Crippen LogP contribution in [0.1, 0.15) is 33.3 Å². The lowest BCUT2D eigenvalue weighted by molar-refractivity contribution is -0.256. The van der Waals surface area contributed by atoms with Gasteiger partial charge >= 0.3 is 17.9 Å². The fourth-order valence-electron chi connectivity index (χ4n) is 3.17. The Kier molecular flexibility index (Phi) is 9.86. The van der Waals surface area contributed by atoms with E-state index in [9.17, 15) is 19.2 Å². The molecule has 1 aliphatic rings.